The topological polar surface area (TPSA) is 148 Å². The van der Waals surface area contributed by atoms with Gasteiger partial charge < -0.3 is 20.8 Å². The molecule has 0 bridgehead atoms. The van der Waals surface area contributed by atoms with E-state index in [0.717, 1.165) is 0 Å². The van der Waals surface area contributed by atoms with E-state index in [9.17, 15) is 19.8 Å². The Balaban J connectivity index is 1.48. The molecule has 0 heterocycles. The molecule has 0 saturated carbocycles. The van der Waals surface area contributed by atoms with Crippen molar-refractivity contribution in [3.8, 4) is 11.1 Å². The minimum atomic E-state index is -0.631. The van der Waals surface area contributed by atoms with E-state index in [1.165, 1.54) is 13.8 Å². The molecular formula is C32H26Cl2N6O4. The normalized spacial score (nSPS) is 12.5. The zero-order valence-corrected chi connectivity index (χ0v) is 25.0. The van der Waals surface area contributed by atoms with Crippen molar-refractivity contribution in [3.05, 3.63) is 130 Å². The molecule has 0 unspecified atom stereocenters. The second kappa shape index (κ2) is 14.7. The first-order valence-corrected chi connectivity index (χ1v) is 13.8. The third kappa shape index (κ3) is 8.37. The van der Waals surface area contributed by atoms with Crippen LogP contribution in [0.5, 0.6) is 0 Å². The summed E-state index contributed by atoms with van der Waals surface area (Å²) in [4.78, 5) is 25.2. The number of halogens is 2. The summed E-state index contributed by atoms with van der Waals surface area (Å²) in [5.74, 6) is -1.88. The molecule has 44 heavy (non-hydrogen) atoms. The van der Waals surface area contributed by atoms with Crippen LogP contribution in [0.25, 0.3) is 11.1 Å². The van der Waals surface area contributed by atoms with Gasteiger partial charge in [0, 0.05) is 11.4 Å². The van der Waals surface area contributed by atoms with Gasteiger partial charge in [0.1, 0.15) is 22.9 Å². The Morgan fingerprint density at radius 3 is 1.27 bits per heavy atom. The van der Waals surface area contributed by atoms with Crippen LogP contribution in [0, 0.1) is 0 Å². The molecule has 4 N–H and O–H groups in total. The molecule has 4 aromatic carbocycles. The zero-order chi connectivity index (χ0) is 31.6. The van der Waals surface area contributed by atoms with Crippen LogP contribution < -0.4 is 10.6 Å². The van der Waals surface area contributed by atoms with Crippen LogP contribution in [0.3, 0.4) is 0 Å². The largest absolute Gasteiger partial charge is 0.510 e. The average molecular weight is 630 g/mol. The van der Waals surface area contributed by atoms with Gasteiger partial charge in [0.25, 0.3) is 11.8 Å². The van der Waals surface area contributed by atoms with Gasteiger partial charge in [-0.3, -0.25) is 9.59 Å². The number of rotatable bonds is 9. The van der Waals surface area contributed by atoms with Crippen molar-refractivity contribution in [2.45, 2.75) is 13.8 Å². The number of nitrogens with one attached hydrogen (secondary N) is 2. The predicted octanol–water partition coefficient (Wildman–Crippen LogP) is 9.68. The fourth-order valence-corrected chi connectivity index (χ4v) is 4.17. The molecule has 0 fully saturated rings. The van der Waals surface area contributed by atoms with Crippen molar-refractivity contribution in [3.63, 3.8) is 0 Å². The lowest BCUT2D eigenvalue weighted by Gasteiger charge is -2.08. The molecule has 222 valence electrons. The van der Waals surface area contributed by atoms with Gasteiger partial charge in [0.15, 0.2) is 11.4 Å². The molecule has 0 saturated heterocycles. The summed E-state index contributed by atoms with van der Waals surface area (Å²) in [6, 6.07) is 27.4. The number of carbonyl (C=O) groups excluding carboxylic acids is 2. The Hall–Kier alpha value is -5.32. The fourth-order valence-electron chi connectivity index (χ4n) is 3.73. The summed E-state index contributed by atoms with van der Waals surface area (Å²) in [5.41, 5.74) is 2.47. The van der Waals surface area contributed by atoms with Gasteiger partial charge in [0.05, 0.1) is 10.0 Å². The number of benzene rings is 4. The maximum atomic E-state index is 12.6. The molecule has 10 nitrogen and oxygen atoms in total. The molecule has 0 spiro atoms. The number of aliphatic hydroxyl groups excluding tert-OH is 2. The van der Waals surface area contributed by atoms with Gasteiger partial charge in [-0.05, 0) is 73.5 Å². The Morgan fingerprint density at radius 2 is 0.955 bits per heavy atom. The van der Waals surface area contributed by atoms with Crippen molar-refractivity contribution >= 4 is 57.8 Å². The number of nitrogens with zero attached hydrogens (tertiary/aromatic N) is 4. The maximum Gasteiger partial charge on any atom is 0.279 e. The van der Waals surface area contributed by atoms with Crippen LogP contribution in [0.15, 0.2) is 140 Å². The van der Waals surface area contributed by atoms with E-state index in [4.69, 9.17) is 23.2 Å². The number of hydrogen-bond acceptors (Lipinski definition) is 8. The maximum absolute atomic E-state index is 12.6. The molecule has 2 amide bonds. The quantitative estimate of drug-likeness (QED) is 0.0828. The monoisotopic (exact) mass is 628 g/mol. The Morgan fingerprint density at radius 1 is 0.591 bits per heavy atom. The highest BCUT2D eigenvalue weighted by Crippen LogP contribution is 2.35. The van der Waals surface area contributed by atoms with E-state index in [1.54, 1.807) is 84.9 Å². The molecule has 0 aliphatic carbocycles. The lowest BCUT2D eigenvalue weighted by atomic mass is 10.1. The van der Waals surface area contributed by atoms with Crippen LogP contribution in [-0.2, 0) is 9.59 Å². The van der Waals surface area contributed by atoms with Crippen LogP contribution in [0.2, 0.25) is 10.0 Å². The first-order valence-electron chi connectivity index (χ1n) is 13.1. The molecule has 0 aliphatic heterocycles. The van der Waals surface area contributed by atoms with Crippen molar-refractivity contribution in [2.24, 2.45) is 20.5 Å². The lowest BCUT2D eigenvalue weighted by molar-refractivity contribution is -0.113. The average Bonchev–Trinajstić information content (AvgIpc) is 2.99. The highest BCUT2D eigenvalue weighted by Gasteiger charge is 2.15. The standard InChI is InChI=1S/C32H26Cl2N6O4/c1-19(41)29(31(43)35-23-9-5-3-6-10-23)39-37-27-15-13-21(17-25(27)33)22-14-16-28(26(34)18-22)38-40-30(20(2)42)32(44)36-24-11-7-4-8-12-24/h3-18,41-42H,1-2H3,(H,35,43)(H,36,44)/b29-19+,30-20+,39-37?,40-38?. The zero-order valence-electron chi connectivity index (χ0n) is 23.5. The van der Waals surface area contributed by atoms with Crippen LogP contribution >= 0.6 is 23.2 Å². The van der Waals surface area contributed by atoms with Crippen LogP contribution in [0.4, 0.5) is 22.7 Å². The van der Waals surface area contributed by atoms with Crippen molar-refractivity contribution in [1.29, 1.82) is 0 Å². The van der Waals surface area contributed by atoms with Gasteiger partial charge in [-0.15, -0.1) is 20.5 Å². The summed E-state index contributed by atoms with van der Waals surface area (Å²) in [5, 5.41) is 41.7. The summed E-state index contributed by atoms with van der Waals surface area (Å²) < 4.78 is 0. The first-order chi connectivity index (χ1) is 21.1. The molecule has 4 rings (SSSR count). The molecule has 4 aromatic rings. The Bertz CT molecular complexity index is 1670. The summed E-state index contributed by atoms with van der Waals surface area (Å²) >= 11 is 12.9. The van der Waals surface area contributed by atoms with Gasteiger partial charge >= 0.3 is 0 Å². The molecule has 0 atom stereocenters. The highest BCUT2D eigenvalue weighted by molar-refractivity contribution is 6.34. The van der Waals surface area contributed by atoms with E-state index in [0.29, 0.717) is 22.5 Å². The van der Waals surface area contributed by atoms with E-state index in [1.807, 2.05) is 12.1 Å². The molecule has 0 radical (unpaired) electrons. The summed E-state index contributed by atoms with van der Waals surface area (Å²) in [7, 11) is 0. The third-order valence-corrected chi connectivity index (χ3v) is 6.53. The van der Waals surface area contributed by atoms with Crippen molar-refractivity contribution in [2.75, 3.05) is 10.6 Å². The lowest BCUT2D eigenvalue weighted by Crippen LogP contribution is -2.14. The van der Waals surface area contributed by atoms with Gasteiger partial charge in [-0.1, -0.05) is 71.7 Å². The number of para-hydroxylation sites is 2. The number of hydrogen-bond donors (Lipinski definition) is 4. The van der Waals surface area contributed by atoms with E-state index in [-0.39, 0.29) is 44.3 Å². The van der Waals surface area contributed by atoms with Gasteiger partial charge in [0.2, 0.25) is 0 Å². The number of amides is 2. The van der Waals surface area contributed by atoms with Crippen LogP contribution in [0.1, 0.15) is 13.8 Å². The molecular weight excluding hydrogens is 603 g/mol. The molecule has 0 aromatic heterocycles. The fraction of sp³-hybridized carbons (Fsp3) is 0.0625. The molecule has 12 heteroatoms. The molecule has 0 aliphatic rings. The van der Waals surface area contributed by atoms with E-state index < -0.39 is 11.8 Å². The number of carbonyl (C=O) groups is 2. The van der Waals surface area contributed by atoms with E-state index in [2.05, 4.69) is 31.1 Å². The second-order valence-corrected chi connectivity index (χ2v) is 10.1. The number of allylic oxidation sites excluding steroid dienone is 2. The van der Waals surface area contributed by atoms with Crippen LogP contribution in [-0.4, -0.2) is 22.0 Å². The number of aliphatic hydroxyl groups is 2. The smallest absolute Gasteiger partial charge is 0.279 e. The number of anilines is 2. The minimum absolute atomic E-state index is 0.238. The van der Waals surface area contributed by atoms with Crippen molar-refractivity contribution in [1.82, 2.24) is 0 Å². The SMILES string of the molecule is C/C(O)=C(\N=Nc1ccc(-c2ccc(N=N/C(C(=O)Nc3ccccc3)=C(\C)O)c(Cl)c2)cc1Cl)C(=O)Nc1ccccc1. The van der Waals surface area contributed by atoms with Gasteiger partial charge in [-0.25, -0.2) is 0 Å². The Labute approximate surface area is 263 Å². The summed E-state index contributed by atoms with van der Waals surface area (Å²) in [6.45, 7) is 2.66. The van der Waals surface area contributed by atoms with E-state index >= 15 is 0 Å². The predicted molar refractivity (Wildman–Crippen MR) is 172 cm³/mol. The third-order valence-electron chi connectivity index (χ3n) is 5.92. The number of azo groups is 2. The van der Waals surface area contributed by atoms with Gasteiger partial charge in [-0.2, -0.15) is 0 Å². The Kier molecular flexibility index (Phi) is 10.6. The first kappa shape index (κ1) is 31.6. The highest BCUT2D eigenvalue weighted by atomic mass is 35.5. The second-order valence-electron chi connectivity index (χ2n) is 9.24. The van der Waals surface area contributed by atoms with Crippen molar-refractivity contribution < 1.29 is 19.8 Å². The summed E-state index contributed by atoms with van der Waals surface area (Å²) in [6.07, 6.45) is 0. The minimum Gasteiger partial charge on any atom is -0.510 e.